The number of nitrogens with zero attached hydrogens (tertiary/aromatic N) is 3. The van der Waals surface area contributed by atoms with Gasteiger partial charge in [-0.3, -0.25) is 14.9 Å². The lowest BCUT2D eigenvalue weighted by Crippen LogP contribution is -2.48. The summed E-state index contributed by atoms with van der Waals surface area (Å²) in [5, 5.41) is 6.07. The van der Waals surface area contributed by atoms with Crippen molar-refractivity contribution in [1.29, 1.82) is 0 Å². The summed E-state index contributed by atoms with van der Waals surface area (Å²) in [6.45, 7) is 4.58. The SMILES string of the molecule is CCc1nn(C)c(C(=O)NN2CCOCC2)c1N. The van der Waals surface area contributed by atoms with Gasteiger partial charge in [-0.25, -0.2) is 5.01 Å². The van der Waals surface area contributed by atoms with E-state index in [4.69, 9.17) is 10.5 Å². The summed E-state index contributed by atoms with van der Waals surface area (Å²) in [6.07, 6.45) is 0.713. The minimum absolute atomic E-state index is 0.218. The molecule has 0 spiro atoms. The lowest BCUT2D eigenvalue weighted by atomic mass is 10.2. The third-order valence-electron chi connectivity index (χ3n) is 2.98. The molecule has 1 aromatic heterocycles. The van der Waals surface area contributed by atoms with Gasteiger partial charge in [-0.2, -0.15) is 5.10 Å². The number of hydrogen-bond donors (Lipinski definition) is 2. The van der Waals surface area contributed by atoms with E-state index in [9.17, 15) is 4.79 Å². The Morgan fingerprint density at radius 2 is 2.17 bits per heavy atom. The van der Waals surface area contributed by atoms with E-state index in [1.54, 1.807) is 7.05 Å². The van der Waals surface area contributed by atoms with Crippen LogP contribution < -0.4 is 11.2 Å². The van der Waals surface area contributed by atoms with Gasteiger partial charge >= 0.3 is 0 Å². The summed E-state index contributed by atoms with van der Waals surface area (Å²) >= 11 is 0. The predicted octanol–water partition coefficient (Wildman–Crippen LogP) is -0.458. The Hall–Kier alpha value is -1.60. The van der Waals surface area contributed by atoms with Crippen LogP contribution in [-0.2, 0) is 18.2 Å². The van der Waals surface area contributed by atoms with Crippen LogP contribution in [0.2, 0.25) is 0 Å². The van der Waals surface area contributed by atoms with Crippen molar-refractivity contribution in [1.82, 2.24) is 20.2 Å². The lowest BCUT2D eigenvalue weighted by Gasteiger charge is -2.26. The first-order chi connectivity index (χ1) is 8.63. The molecule has 0 aliphatic carbocycles. The number of ether oxygens (including phenoxy) is 1. The van der Waals surface area contributed by atoms with E-state index in [-0.39, 0.29) is 5.91 Å². The summed E-state index contributed by atoms with van der Waals surface area (Å²) < 4.78 is 6.75. The fourth-order valence-corrected chi connectivity index (χ4v) is 2.00. The largest absolute Gasteiger partial charge is 0.395 e. The van der Waals surface area contributed by atoms with E-state index >= 15 is 0 Å². The van der Waals surface area contributed by atoms with Gasteiger partial charge in [-0.15, -0.1) is 0 Å². The van der Waals surface area contributed by atoms with Crippen molar-refractivity contribution in [3.8, 4) is 0 Å². The molecule has 1 aliphatic rings. The summed E-state index contributed by atoms with van der Waals surface area (Å²) in [5.74, 6) is -0.218. The fourth-order valence-electron chi connectivity index (χ4n) is 2.00. The summed E-state index contributed by atoms with van der Waals surface area (Å²) in [7, 11) is 1.73. The van der Waals surface area contributed by atoms with Crippen molar-refractivity contribution >= 4 is 11.6 Å². The van der Waals surface area contributed by atoms with E-state index in [2.05, 4.69) is 10.5 Å². The van der Waals surface area contributed by atoms with Crippen molar-refractivity contribution < 1.29 is 9.53 Å². The highest BCUT2D eigenvalue weighted by atomic mass is 16.5. The predicted molar refractivity (Wildman–Crippen MR) is 66.9 cm³/mol. The standard InChI is InChI=1S/C11H19N5O2/c1-3-8-9(12)10(15(2)13-8)11(17)14-16-4-6-18-7-5-16/h3-7,12H2,1-2H3,(H,14,17). The Morgan fingerprint density at radius 3 is 2.72 bits per heavy atom. The van der Waals surface area contributed by atoms with Crippen LogP contribution in [0, 0.1) is 0 Å². The van der Waals surface area contributed by atoms with Gasteiger partial charge in [0, 0.05) is 20.1 Å². The molecule has 0 aromatic carbocycles. The second-order valence-corrected chi connectivity index (χ2v) is 4.23. The highest BCUT2D eigenvalue weighted by Gasteiger charge is 2.21. The van der Waals surface area contributed by atoms with Gasteiger partial charge in [-0.1, -0.05) is 6.92 Å². The maximum absolute atomic E-state index is 12.1. The lowest BCUT2D eigenvalue weighted by molar-refractivity contribution is 0.0123. The van der Waals surface area contributed by atoms with Crippen molar-refractivity contribution in [2.45, 2.75) is 13.3 Å². The zero-order chi connectivity index (χ0) is 13.1. The molecule has 1 saturated heterocycles. The smallest absolute Gasteiger partial charge is 0.285 e. The number of amides is 1. The Kier molecular flexibility index (Phi) is 3.83. The van der Waals surface area contributed by atoms with Crippen LogP contribution in [0.1, 0.15) is 23.1 Å². The van der Waals surface area contributed by atoms with E-state index in [0.29, 0.717) is 44.1 Å². The molecule has 1 amide bonds. The Bertz CT molecular complexity index is 437. The van der Waals surface area contributed by atoms with Crippen LogP contribution >= 0.6 is 0 Å². The third kappa shape index (κ3) is 2.46. The van der Waals surface area contributed by atoms with E-state index < -0.39 is 0 Å². The van der Waals surface area contributed by atoms with E-state index in [1.807, 2.05) is 11.9 Å². The maximum Gasteiger partial charge on any atom is 0.285 e. The van der Waals surface area contributed by atoms with Crippen molar-refractivity contribution in [3.63, 3.8) is 0 Å². The van der Waals surface area contributed by atoms with Crippen LogP contribution in [0.5, 0.6) is 0 Å². The minimum atomic E-state index is -0.218. The molecule has 0 bridgehead atoms. The number of nitrogens with two attached hydrogens (primary N) is 1. The zero-order valence-corrected chi connectivity index (χ0v) is 10.8. The Balaban J connectivity index is 2.10. The molecule has 7 nitrogen and oxygen atoms in total. The highest BCUT2D eigenvalue weighted by molar-refractivity contribution is 5.97. The molecule has 1 aromatic rings. The molecule has 3 N–H and O–H groups in total. The number of rotatable bonds is 3. The van der Waals surface area contributed by atoms with Crippen LogP contribution in [-0.4, -0.2) is 47.0 Å². The average molecular weight is 253 g/mol. The molecule has 0 atom stereocenters. The Morgan fingerprint density at radius 1 is 1.50 bits per heavy atom. The van der Waals surface area contributed by atoms with Gasteiger partial charge in [0.15, 0.2) is 5.69 Å². The van der Waals surface area contributed by atoms with Crippen LogP contribution in [0.4, 0.5) is 5.69 Å². The molecule has 7 heteroatoms. The topological polar surface area (TPSA) is 85.4 Å². The van der Waals surface area contributed by atoms with Gasteiger partial charge in [0.1, 0.15) is 0 Å². The van der Waals surface area contributed by atoms with E-state index in [1.165, 1.54) is 4.68 Å². The number of aryl methyl sites for hydroxylation is 2. The Labute approximate surface area is 106 Å². The second-order valence-electron chi connectivity index (χ2n) is 4.23. The molecule has 0 unspecified atom stereocenters. The normalized spacial score (nSPS) is 16.8. The van der Waals surface area contributed by atoms with Crippen LogP contribution in [0.15, 0.2) is 0 Å². The van der Waals surface area contributed by atoms with Gasteiger partial charge < -0.3 is 10.5 Å². The summed E-state index contributed by atoms with van der Waals surface area (Å²) in [6, 6.07) is 0. The van der Waals surface area contributed by atoms with Crippen molar-refractivity contribution in [3.05, 3.63) is 11.4 Å². The number of carbonyl (C=O) groups is 1. The molecular weight excluding hydrogens is 234 g/mol. The quantitative estimate of drug-likeness (QED) is 0.761. The molecule has 1 fully saturated rings. The number of nitrogens with one attached hydrogen (secondary N) is 1. The molecule has 1 aliphatic heterocycles. The number of carbonyl (C=O) groups excluding carboxylic acids is 1. The molecule has 100 valence electrons. The van der Waals surface area contributed by atoms with Crippen LogP contribution in [0.3, 0.4) is 0 Å². The maximum atomic E-state index is 12.1. The number of hydrazine groups is 1. The first kappa shape index (κ1) is 12.8. The molecular formula is C11H19N5O2. The number of nitrogen functional groups attached to an aromatic ring is 1. The zero-order valence-electron chi connectivity index (χ0n) is 10.8. The highest BCUT2D eigenvalue weighted by Crippen LogP contribution is 2.16. The average Bonchev–Trinajstić information content (AvgIpc) is 2.65. The molecule has 18 heavy (non-hydrogen) atoms. The number of anilines is 1. The monoisotopic (exact) mass is 253 g/mol. The molecule has 0 radical (unpaired) electrons. The summed E-state index contributed by atoms with van der Waals surface area (Å²) in [4.78, 5) is 12.1. The van der Waals surface area contributed by atoms with Crippen molar-refractivity contribution in [2.24, 2.45) is 7.05 Å². The first-order valence-electron chi connectivity index (χ1n) is 6.08. The number of hydrogen-bond acceptors (Lipinski definition) is 5. The third-order valence-corrected chi connectivity index (χ3v) is 2.98. The second kappa shape index (κ2) is 5.36. The van der Waals surface area contributed by atoms with Crippen LogP contribution in [0.25, 0.3) is 0 Å². The molecule has 0 saturated carbocycles. The van der Waals surface area contributed by atoms with Gasteiger partial charge in [0.05, 0.1) is 24.6 Å². The van der Waals surface area contributed by atoms with E-state index in [0.717, 1.165) is 5.69 Å². The summed E-state index contributed by atoms with van der Waals surface area (Å²) in [5.41, 5.74) is 10.4. The van der Waals surface area contributed by atoms with Crippen molar-refractivity contribution in [2.75, 3.05) is 32.0 Å². The molecule has 2 heterocycles. The van der Waals surface area contributed by atoms with Gasteiger partial charge in [-0.05, 0) is 6.42 Å². The van der Waals surface area contributed by atoms with Gasteiger partial charge in [0.25, 0.3) is 5.91 Å². The molecule has 2 rings (SSSR count). The number of aromatic nitrogens is 2. The van der Waals surface area contributed by atoms with Gasteiger partial charge in [0.2, 0.25) is 0 Å². The number of morpholine rings is 1. The minimum Gasteiger partial charge on any atom is -0.395 e. The first-order valence-corrected chi connectivity index (χ1v) is 6.08. The fraction of sp³-hybridized carbons (Fsp3) is 0.636.